The molecule has 1 fully saturated rings. The lowest BCUT2D eigenvalue weighted by atomic mass is 9.80. The van der Waals surface area contributed by atoms with E-state index in [-0.39, 0.29) is 0 Å². The van der Waals surface area contributed by atoms with Gasteiger partial charge >= 0.3 is 0 Å². The van der Waals surface area contributed by atoms with Crippen LogP contribution >= 0.6 is 0 Å². The lowest BCUT2D eigenvalue weighted by Crippen LogP contribution is -2.12. The Morgan fingerprint density at radius 3 is 2.23 bits per heavy atom. The molecule has 78 valence electrons. The lowest BCUT2D eigenvalue weighted by molar-refractivity contribution is 0.269. The van der Waals surface area contributed by atoms with Crippen molar-refractivity contribution in [2.24, 2.45) is 17.8 Å². The van der Waals surface area contributed by atoms with Crippen molar-refractivity contribution >= 4 is 0 Å². The molecule has 0 unspecified atom stereocenters. The molecule has 0 aromatic rings. The van der Waals surface area contributed by atoms with Crippen molar-refractivity contribution in [1.82, 2.24) is 0 Å². The van der Waals surface area contributed by atoms with Crippen molar-refractivity contribution in [3.05, 3.63) is 0 Å². The molecule has 0 heteroatoms. The van der Waals surface area contributed by atoms with Gasteiger partial charge in [-0.15, -0.1) is 0 Å². The number of rotatable bonds is 4. The summed E-state index contributed by atoms with van der Waals surface area (Å²) in [6.07, 6.45) is 10.4. The molecule has 0 amide bonds. The first kappa shape index (κ1) is 11.1. The van der Waals surface area contributed by atoms with Gasteiger partial charge in [-0.1, -0.05) is 65.7 Å². The molecule has 1 rings (SSSR count). The molecule has 1 saturated carbocycles. The zero-order chi connectivity index (χ0) is 9.68. The molecule has 1 aliphatic rings. The zero-order valence-electron chi connectivity index (χ0n) is 9.68. The van der Waals surface area contributed by atoms with E-state index >= 15 is 0 Å². The second kappa shape index (κ2) is 5.67. The Kier molecular flexibility index (Phi) is 4.83. The Bertz CT molecular complexity index is 118. The van der Waals surface area contributed by atoms with Crippen molar-refractivity contribution in [1.29, 1.82) is 0 Å². The highest BCUT2D eigenvalue weighted by atomic mass is 14.2. The average Bonchev–Trinajstić information content (AvgIpc) is 2.08. The molecule has 0 spiro atoms. The van der Waals surface area contributed by atoms with Gasteiger partial charge in [0, 0.05) is 0 Å². The Balaban J connectivity index is 2.02. The maximum absolute atomic E-state index is 2.41. The van der Waals surface area contributed by atoms with Crippen molar-refractivity contribution in [3.8, 4) is 0 Å². The molecule has 0 saturated heterocycles. The summed E-state index contributed by atoms with van der Waals surface area (Å²) < 4.78 is 0. The molecule has 0 aromatic heterocycles. The largest absolute Gasteiger partial charge is 0.0628 e. The standard InChI is InChI=1S/C13H26/c1-11(2)5-4-6-13-9-7-12(3)8-10-13/h11-13H,4-10H2,1-3H3. The van der Waals surface area contributed by atoms with Crippen LogP contribution < -0.4 is 0 Å². The minimum Gasteiger partial charge on any atom is -0.0628 e. The van der Waals surface area contributed by atoms with Gasteiger partial charge in [0.2, 0.25) is 0 Å². The fourth-order valence-electron chi connectivity index (χ4n) is 2.43. The molecular formula is C13H26. The molecule has 13 heavy (non-hydrogen) atoms. The summed E-state index contributed by atoms with van der Waals surface area (Å²) >= 11 is 0. The van der Waals surface area contributed by atoms with Crippen LogP contribution in [0, 0.1) is 17.8 Å². The normalized spacial score (nSPS) is 29.5. The van der Waals surface area contributed by atoms with Crippen molar-refractivity contribution in [2.45, 2.75) is 65.7 Å². The SMILES string of the molecule is CC(C)CCCC1CCC(C)CC1. The predicted octanol–water partition coefficient (Wildman–Crippen LogP) is 4.64. The van der Waals surface area contributed by atoms with Crippen LogP contribution in [0.5, 0.6) is 0 Å². The second-order valence-corrected chi connectivity index (χ2v) is 5.45. The summed E-state index contributed by atoms with van der Waals surface area (Å²) in [6, 6.07) is 0. The first-order valence-corrected chi connectivity index (χ1v) is 6.18. The maximum atomic E-state index is 2.41. The average molecular weight is 182 g/mol. The van der Waals surface area contributed by atoms with Crippen LogP contribution in [0.25, 0.3) is 0 Å². The van der Waals surface area contributed by atoms with Crippen LogP contribution in [0.4, 0.5) is 0 Å². The van der Waals surface area contributed by atoms with E-state index in [1.165, 1.54) is 44.9 Å². The fraction of sp³-hybridized carbons (Fsp3) is 1.00. The Hall–Kier alpha value is 0. The van der Waals surface area contributed by atoms with Gasteiger partial charge < -0.3 is 0 Å². The Morgan fingerprint density at radius 1 is 1.08 bits per heavy atom. The monoisotopic (exact) mass is 182 g/mol. The smallest absolute Gasteiger partial charge is 0.0414 e. The summed E-state index contributed by atoms with van der Waals surface area (Å²) in [7, 11) is 0. The van der Waals surface area contributed by atoms with Gasteiger partial charge in [-0.2, -0.15) is 0 Å². The van der Waals surface area contributed by atoms with E-state index in [2.05, 4.69) is 20.8 Å². The zero-order valence-corrected chi connectivity index (χ0v) is 9.68. The fourth-order valence-corrected chi connectivity index (χ4v) is 2.43. The summed E-state index contributed by atoms with van der Waals surface area (Å²) in [5.41, 5.74) is 0. The molecule has 0 N–H and O–H groups in total. The third-order valence-corrected chi connectivity index (χ3v) is 3.53. The van der Waals surface area contributed by atoms with Gasteiger partial charge in [-0.25, -0.2) is 0 Å². The minimum atomic E-state index is 0.905. The van der Waals surface area contributed by atoms with Gasteiger partial charge in [-0.05, 0) is 17.8 Å². The van der Waals surface area contributed by atoms with E-state index in [1.807, 2.05) is 0 Å². The molecule has 0 heterocycles. The Labute approximate surface area is 84.1 Å². The summed E-state index contributed by atoms with van der Waals surface area (Å²) in [4.78, 5) is 0. The Morgan fingerprint density at radius 2 is 1.69 bits per heavy atom. The van der Waals surface area contributed by atoms with E-state index in [1.54, 1.807) is 0 Å². The topological polar surface area (TPSA) is 0 Å². The third kappa shape index (κ3) is 4.69. The molecule has 0 aromatic carbocycles. The highest BCUT2D eigenvalue weighted by molar-refractivity contribution is 4.70. The molecule has 0 nitrogen and oxygen atoms in total. The van der Waals surface area contributed by atoms with E-state index < -0.39 is 0 Å². The predicted molar refractivity (Wildman–Crippen MR) is 59.8 cm³/mol. The van der Waals surface area contributed by atoms with Crippen LogP contribution in [0.1, 0.15) is 65.7 Å². The summed E-state index contributed by atoms with van der Waals surface area (Å²) in [5.74, 6) is 3.00. The quantitative estimate of drug-likeness (QED) is 0.594. The molecule has 1 aliphatic carbocycles. The van der Waals surface area contributed by atoms with E-state index in [9.17, 15) is 0 Å². The van der Waals surface area contributed by atoms with E-state index in [4.69, 9.17) is 0 Å². The minimum absolute atomic E-state index is 0.905. The summed E-state index contributed by atoms with van der Waals surface area (Å²) in [5, 5.41) is 0. The van der Waals surface area contributed by atoms with Crippen molar-refractivity contribution < 1.29 is 0 Å². The van der Waals surface area contributed by atoms with Crippen LogP contribution in [0.3, 0.4) is 0 Å². The van der Waals surface area contributed by atoms with E-state index in [0.717, 1.165) is 17.8 Å². The second-order valence-electron chi connectivity index (χ2n) is 5.45. The molecule has 0 aliphatic heterocycles. The van der Waals surface area contributed by atoms with Crippen LogP contribution in [-0.4, -0.2) is 0 Å². The third-order valence-electron chi connectivity index (χ3n) is 3.53. The van der Waals surface area contributed by atoms with Gasteiger partial charge in [0.15, 0.2) is 0 Å². The highest BCUT2D eigenvalue weighted by Gasteiger charge is 2.17. The van der Waals surface area contributed by atoms with Gasteiger partial charge in [0.05, 0.1) is 0 Å². The number of hydrogen-bond acceptors (Lipinski definition) is 0. The van der Waals surface area contributed by atoms with Crippen molar-refractivity contribution in [2.75, 3.05) is 0 Å². The van der Waals surface area contributed by atoms with Crippen LogP contribution in [0.2, 0.25) is 0 Å². The summed E-state index contributed by atoms with van der Waals surface area (Å²) in [6.45, 7) is 7.08. The van der Waals surface area contributed by atoms with Crippen molar-refractivity contribution in [3.63, 3.8) is 0 Å². The molecular weight excluding hydrogens is 156 g/mol. The molecule has 0 atom stereocenters. The van der Waals surface area contributed by atoms with Crippen LogP contribution in [-0.2, 0) is 0 Å². The highest BCUT2D eigenvalue weighted by Crippen LogP contribution is 2.31. The first-order chi connectivity index (χ1) is 6.18. The van der Waals surface area contributed by atoms with Gasteiger partial charge in [0.25, 0.3) is 0 Å². The maximum Gasteiger partial charge on any atom is -0.0414 e. The molecule has 0 bridgehead atoms. The molecule has 0 radical (unpaired) electrons. The van der Waals surface area contributed by atoms with Gasteiger partial charge in [-0.3, -0.25) is 0 Å². The van der Waals surface area contributed by atoms with Crippen LogP contribution in [0.15, 0.2) is 0 Å². The first-order valence-electron chi connectivity index (χ1n) is 6.18. The lowest BCUT2D eigenvalue weighted by Gasteiger charge is -2.26. The number of hydrogen-bond donors (Lipinski definition) is 0. The van der Waals surface area contributed by atoms with Gasteiger partial charge in [0.1, 0.15) is 0 Å². The van der Waals surface area contributed by atoms with E-state index in [0.29, 0.717) is 0 Å².